The summed E-state index contributed by atoms with van der Waals surface area (Å²) < 4.78 is 0. The number of Topliss-reactive ketones (excluding diaryl/α,β-unsaturated/α-hetero) is 1. The monoisotopic (exact) mass is 161 g/mol. The second-order valence-electron chi connectivity index (χ2n) is 3.20. The Hall–Kier alpha value is -1.31. The zero-order valence-corrected chi connectivity index (χ0v) is 6.84. The Balaban J connectivity index is 2.50. The number of carbonyl (C=O) groups is 1. The summed E-state index contributed by atoms with van der Waals surface area (Å²) in [5, 5.41) is 0. The first-order valence-corrected chi connectivity index (χ1v) is 4.15. The van der Waals surface area contributed by atoms with Gasteiger partial charge in [0.05, 0.1) is 0 Å². The fourth-order valence-electron chi connectivity index (χ4n) is 1.66. The summed E-state index contributed by atoms with van der Waals surface area (Å²) in [5.41, 5.74) is 8.81. The van der Waals surface area contributed by atoms with E-state index in [9.17, 15) is 4.79 Å². The van der Waals surface area contributed by atoms with Crippen molar-refractivity contribution in [3.8, 4) is 0 Å². The van der Waals surface area contributed by atoms with E-state index in [-0.39, 0.29) is 0 Å². The molecule has 0 aromatic heterocycles. The number of benzene rings is 1. The maximum absolute atomic E-state index is 11.1. The van der Waals surface area contributed by atoms with Crippen LogP contribution in [0.1, 0.15) is 17.5 Å². The van der Waals surface area contributed by atoms with Gasteiger partial charge in [-0.05, 0) is 23.6 Å². The number of ketones is 1. The van der Waals surface area contributed by atoms with Crippen molar-refractivity contribution in [1.29, 1.82) is 0 Å². The third kappa shape index (κ3) is 1.09. The van der Waals surface area contributed by atoms with Gasteiger partial charge >= 0.3 is 0 Å². The predicted molar refractivity (Wildman–Crippen MR) is 47.9 cm³/mol. The highest BCUT2D eigenvalue weighted by Crippen LogP contribution is 2.23. The Morgan fingerprint density at radius 3 is 2.92 bits per heavy atom. The van der Waals surface area contributed by atoms with Crippen LogP contribution in [0.3, 0.4) is 0 Å². The summed E-state index contributed by atoms with van der Waals surface area (Å²) >= 11 is 0. The normalized spacial score (nSPS) is 15.8. The molecule has 2 rings (SSSR count). The number of aryl methyl sites for hydroxylation is 1. The third-order valence-electron chi connectivity index (χ3n) is 2.36. The van der Waals surface area contributed by atoms with E-state index in [0.717, 1.165) is 17.7 Å². The summed E-state index contributed by atoms with van der Waals surface area (Å²) in [6.07, 6.45) is 2.07. The average Bonchev–Trinajstić information content (AvgIpc) is 2.07. The molecule has 0 bridgehead atoms. The van der Waals surface area contributed by atoms with Crippen molar-refractivity contribution in [2.24, 2.45) is 0 Å². The Labute approximate surface area is 71.4 Å². The van der Waals surface area contributed by atoms with Gasteiger partial charge in [0, 0.05) is 18.5 Å². The van der Waals surface area contributed by atoms with Crippen molar-refractivity contribution >= 4 is 11.5 Å². The molecule has 0 heterocycles. The van der Waals surface area contributed by atoms with Crippen molar-refractivity contribution in [3.63, 3.8) is 0 Å². The van der Waals surface area contributed by atoms with Crippen LogP contribution in [0.2, 0.25) is 0 Å². The van der Waals surface area contributed by atoms with E-state index in [4.69, 9.17) is 5.73 Å². The van der Waals surface area contributed by atoms with E-state index in [0.29, 0.717) is 18.6 Å². The minimum absolute atomic E-state index is 0.306. The van der Waals surface area contributed by atoms with Gasteiger partial charge in [0.2, 0.25) is 0 Å². The van der Waals surface area contributed by atoms with Gasteiger partial charge in [-0.25, -0.2) is 0 Å². The first-order valence-electron chi connectivity index (χ1n) is 4.15. The van der Waals surface area contributed by atoms with E-state index in [1.165, 1.54) is 5.56 Å². The molecule has 0 radical (unpaired) electrons. The Kier molecular flexibility index (Phi) is 1.61. The molecule has 2 N–H and O–H groups in total. The molecule has 62 valence electrons. The summed E-state index contributed by atoms with van der Waals surface area (Å²) in [5.74, 6) is 0.306. The van der Waals surface area contributed by atoms with Gasteiger partial charge in [0.25, 0.3) is 0 Å². The summed E-state index contributed by atoms with van der Waals surface area (Å²) in [6, 6.07) is 5.86. The minimum atomic E-state index is 0.306. The number of nitrogens with two attached hydrogens (primary N) is 1. The van der Waals surface area contributed by atoms with Crippen LogP contribution in [0.4, 0.5) is 5.69 Å². The number of hydrogen-bond donors (Lipinski definition) is 1. The molecule has 0 saturated carbocycles. The van der Waals surface area contributed by atoms with Crippen LogP contribution >= 0.6 is 0 Å². The van der Waals surface area contributed by atoms with Gasteiger partial charge in [0.1, 0.15) is 5.78 Å². The molecule has 1 aliphatic rings. The van der Waals surface area contributed by atoms with E-state index in [1.807, 2.05) is 12.1 Å². The number of anilines is 1. The first-order chi connectivity index (χ1) is 5.77. The molecule has 2 nitrogen and oxygen atoms in total. The molecule has 0 amide bonds. The molecule has 0 atom stereocenters. The largest absolute Gasteiger partial charge is 0.398 e. The number of rotatable bonds is 0. The molecule has 1 aromatic rings. The molecule has 1 aromatic carbocycles. The van der Waals surface area contributed by atoms with Gasteiger partial charge < -0.3 is 5.73 Å². The summed E-state index contributed by atoms with van der Waals surface area (Å²) in [6.45, 7) is 0. The van der Waals surface area contributed by atoms with E-state index in [2.05, 4.69) is 6.07 Å². The number of fused-ring (bicyclic) bond motifs is 1. The van der Waals surface area contributed by atoms with Crippen LogP contribution < -0.4 is 5.73 Å². The summed E-state index contributed by atoms with van der Waals surface area (Å²) in [4.78, 5) is 11.1. The maximum atomic E-state index is 11.1. The van der Waals surface area contributed by atoms with Gasteiger partial charge in [-0.1, -0.05) is 12.1 Å². The quantitative estimate of drug-likeness (QED) is 0.583. The number of carbonyl (C=O) groups excluding carboxylic acids is 1. The van der Waals surface area contributed by atoms with Crippen LogP contribution in [0.25, 0.3) is 0 Å². The lowest BCUT2D eigenvalue weighted by Gasteiger charge is -2.15. The molecular weight excluding hydrogens is 150 g/mol. The molecule has 0 unspecified atom stereocenters. The Morgan fingerprint density at radius 1 is 1.25 bits per heavy atom. The van der Waals surface area contributed by atoms with Crippen molar-refractivity contribution in [3.05, 3.63) is 29.3 Å². The maximum Gasteiger partial charge on any atom is 0.137 e. The second-order valence-corrected chi connectivity index (χ2v) is 3.20. The Bertz CT molecular complexity index is 331. The fraction of sp³-hybridized carbons (Fsp3) is 0.300. The smallest absolute Gasteiger partial charge is 0.137 e. The molecule has 0 fully saturated rings. The molecule has 12 heavy (non-hydrogen) atoms. The molecular formula is C10H11NO. The van der Waals surface area contributed by atoms with E-state index >= 15 is 0 Å². The van der Waals surface area contributed by atoms with Crippen LogP contribution in [0.15, 0.2) is 18.2 Å². The van der Waals surface area contributed by atoms with Crippen molar-refractivity contribution in [1.82, 2.24) is 0 Å². The zero-order chi connectivity index (χ0) is 8.55. The highest BCUT2D eigenvalue weighted by Gasteiger charge is 2.16. The van der Waals surface area contributed by atoms with Gasteiger partial charge in [-0.3, -0.25) is 4.79 Å². The second kappa shape index (κ2) is 2.63. The van der Waals surface area contributed by atoms with E-state index in [1.54, 1.807) is 0 Å². The molecule has 0 saturated heterocycles. The minimum Gasteiger partial charge on any atom is -0.398 e. The van der Waals surface area contributed by atoms with Crippen LogP contribution in [-0.4, -0.2) is 5.78 Å². The van der Waals surface area contributed by atoms with Crippen molar-refractivity contribution < 1.29 is 4.79 Å². The third-order valence-corrected chi connectivity index (χ3v) is 2.36. The van der Waals surface area contributed by atoms with Gasteiger partial charge in [-0.2, -0.15) is 0 Å². The van der Waals surface area contributed by atoms with Crippen molar-refractivity contribution in [2.75, 3.05) is 5.73 Å². The lowest BCUT2D eigenvalue weighted by atomic mass is 9.90. The Morgan fingerprint density at radius 2 is 2.08 bits per heavy atom. The highest BCUT2D eigenvalue weighted by molar-refractivity contribution is 5.85. The fourth-order valence-corrected chi connectivity index (χ4v) is 1.66. The van der Waals surface area contributed by atoms with E-state index < -0.39 is 0 Å². The number of nitrogen functional groups attached to an aromatic ring is 1. The first kappa shape index (κ1) is 7.35. The molecule has 2 heteroatoms. The van der Waals surface area contributed by atoms with Crippen LogP contribution in [-0.2, 0) is 17.6 Å². The van der Waals surface area contributed by atoms with Gasteiger partial charge in [-0.15, -0.1) is 0 Å². The topological polar surface area (TPSA) is 43.1 Å². The summed E-state index contributed by atoms with van der Waals surface area (Å²) in [7, 11) is 0. The van der Waals surface area contributed by atoms with Crippen LogP contribution in [0.5, 0.6) is 0 Å². The molecule has 0 spiro atoms. The number of hydrogen-bond acceptors (Lipinski definition) is 2. The highest BCUT2D eigenvalue weighted by atomic mass is 16.1. The molecule has 1 aliphatic carbocycles. The average molecular weight is 161 g/mol. The SMILES string of the molecule is Nc1cccc2c1CC(=O)CC2. The zero-order valence-electron chi connectivity index (χ0n) is 6.84. The predicted octanol–water partition coefficient (Wildman–Crippen LogP) is 1.33. The molecule has 0 aliphatic heterocycles. The van der Waals surface area contributed by atoms with Crippen molar-refractivity contribution in [2.45, 2.75) is 19.3 Å². The van der Waals surface area contributed by atoms with Crippen LogP contribution in [0, 0.1) is 0 Å². The van der Waals surface area contributed by atoms with Gasteiger partial charge in [0.15, 0.2) is 0 Å². The lowest BCUT2D eigenvalue weighted by Crippen LogP contribution is -2.14. The standard InChI is InChI=1S/C10H11NO/c11-10-3-1-2-7-4-5-8(12)6-9(7)10/h1-3H,4-6,11H2. The lowest BCUT2D eigenvalue weighted by molar-refractivity contribution is -0.118.